The Morgan fingerprint density at radius 2 is 2.05 bits per heavy atom. The van der Waals surface area contributed by atoms with Crippen molar-refractivity contribution in [1.29, 1.82) is 0 Å². The normalized spacial score (nSPS) is 33.9. The van der Waals surface area contributed by atoms with Gasteiger partial charge in [-0.25, -0.2) is 0 Å². The summed E-state index contributed by atoms with van der Waals surface area (Å²) in [5.74, 6) is 1.01. The predicted octanol–water partition coefficient (Wildman–Crippen LogP) is 5.62. The van der Waals surface area contributed by atoms with Crippen LogP contribution >= 0.6 is 23.1 Å². The minimum absolute atomic E-state index is 0.611. The van der Waals surface area contributed by atoms with Crippen molar-refractivity contribution in [2.45, 2.75) is 80.3 Å². The standard InChI is InChI=1S/C17H27NS2/c1-3-4-13-5-7-14(8-6-13)18-16-11-12(2)20-17-15(16)9-10-19-17/h9-10,12-14,16,18H,3-8,11H2,1-2H3/t12-,13?,14?,16?/m0/s1. The lowest BCUT2D eigenvalue weighted by Gasteiger charge is -2.35. The second-order valence-corrected chi connectivity index (χ2v) is 9.18. The number of hydrogen-bond donors (Lipinski definition) is 1. The molecular formula is C17H27NS2. The Morgan fingerprint density at radius 1 is 1.25 bits per heavy atom. The highest BCUT2D eigenvalue weighted by atomic mass is 32.2. The molecule has 1 unspecified atom stereocenters. The minimum Gasteiger partial charge on any atom is -0.307 e. The van der Waals surface area contributed by atoms with Gasteiger partial charge in [0, 0.05) is 17.3 Å². The van der Waals surface area contributed by atoms with Crippen LogP contribution in [0.2, 0.25) is 0 Å². The SMILES string of the molecule is CCCC1CCC(NC2C[C@H](C)Sc3sccc32)CC1. The minimum atomic E-state index is 0.611. The third-order valence-corrected chi connectivity index (χ3v) is 7.23. The highest BCUT2D eigenvalue weighted by Crippen LogP contribution is 2.44. The van der Waals surface area contributed by atoms with Gasteiger partial charge in [-0.1, -0.05) is 26.7 Å². The van der Waals surface area contributed by atoms with Gasteiger partial charge < -0.3 is 5.32 Å². The fourth-order valence-corrected chi connectivity index (χ4v) is 6.38. The van der Waals surface area contributed by atoms with Crippen LogP contribution in [0.15, 0.2) is 15.7 Å². The van der Waals surface area contributed by atoms with E-state index in [9.17, 15) is 0 Å². The fourth-order valence-electron chi connectivity index (χ4n) is 3.82. The number of fused-ring (bicyclic) bond motifs is 1. The zero-order valence-electron chi connectivity index (χ0n) is 12.7. The molecule has 20 heavy (non-hydrogen) atoms. The molecule has 1 N–H and O–H groups in total. The van der Waals surface area contributed by atoms with Gasteiger partial charge in [0.15, 0.2) is 0 Å². The maximum Gasteiger partial charge on any atom is 0.0649 e. The average molecular weight is 310 g/mol. The molecule has 0 saturated heterocycles. The van der Waals surface area contributed by atoms with Crippen LogP contribution in [0.1, 0.15) is 70.4 Å². The van der Waals surface area contributed by atoms with Gasteiger partial charge in [0.2, 0.25) is 0 Å². The summed E-state index contributed by atoms with van der Waals surface area (Å²) < 4.78 is 1.56. The molecule has 2 aliphatic rings. The molecule has 0 amide bonds. The highest BCUT2D eigenvalue weighted by molar-refractivity contribution is 8.01. The Labute approximate surface area is 131 Å². The number of nitrogens with one attached hydrogen (secondary N) is 1. The van der Waals surface area contributed by atoms with Gasteiger partial charge in [-0.2, -0.15) is 0 Å². The molecule has 1 aliphatic carbocycles. The van der Waals surface area contributed by atoms with E-state index >= 15 is 0 Å². The summed E-state index contributed by atoms with van der Waals surface area (Å²) in [6, 6.07) is 3.72. The lowest BCUT2D eigenvalue weighted by Crippen LogP contribution is -2.37. The molecule has 1 aliphatic heterocycles. The summed E-state index contributed by atoms with van der Waals surface area (Å²) in [6.07, 6.45) is 9.77. The van der Waals surface area contributed by atoms with Crippen molar-refractivity contribution in [1.82, 2.24) is 5.32 Å². The van der Waals surface area contributed by atoms with E-state index in [4.69, 9.17) is 0 Å². The predicted molar refractivity (Wildman–Crippen MR) is 90.8 cm³/mol. The summed E-state index contributed by atoms with van der Waals surface area (Å²) in [5, 5.41) is 7.01. The number of thiophene rings is 1. The molecule has 2 atom stereocenters. The first-order chi connectivity index (χ1) is 9.76. The Morgan fingerprint density at radius 3 is 2.80 bits per heavy atom. The quantitative estimate of drug-likeness (QED) is 0.774. The zero-order chi connectivity index (χ0) is 13.9. The summed E-state index contributed by atoms with van der Waals surface area (Å²) >= 11 is 3.99. The fraction of sp³-hybridized carbons (Fsp3) is 0.765. The van der Waals surface area contributed by atoms with Gasteiger partial charge in [-0.3, -0.25) is 0 Å². The molecule has 1 aromatic heterocycles. The summed E-state index contributed by atoms with van der Waals surface area (Å²) in [6.45, 7) is 4.70. The van der Waals surface area contributed by atoms with E-state index in [1.165, 1.54) is 44.9 Å². The molecule has 1 saturated carbocycles. The van der Waals surface area contributed by atoms with E-state index in [-0.39, 0.29) is 0 Å². The van der Waals surface area contributed by atoms with Crippen LogP contribution < -0.4 is 5.32 Å². The van der Waals surface area contributed by atoms with E-state index < -0.39 is 0 Å². The third kappa shape index (κ3) is 3.42. The molecule has 0 radical (unpaired) electrons. The zero-order valence-corrected chi connectivity index (χ0v) is 14.4. The Bertz CT molecular complexity index is 420. The van der Waals surface area contributed by atoms with Crippen molar-refractivity contribution in [2.24, 2.45) is 5.92 Å². The van der Waals surface area contributed by atoms with Crippen molar-refractivity contribution in [2.75, 3.05) is 0 Å². The molecule has 0 spiro atoms. The molecule has 3 rings (SSSR count). The van der Waals surface area contributed by atoms with Crippen LogP contribution in [0.3, 0.4) is 0 Å². The van der Waals surface area contributed by atoms with Crippen LogP contribution in [0.4, 0.5) is 0 Å². The first kappa shape index (κ1) is 14.9. The summed E-state index contributed by atoms with van der Waals surface area (Å²) in [7, 11) is 0. The summed E-state index contributed by atoms with van der Waals surface area (Å²) in [5.41, 5.74) is 1.58. The average Bonchev–Trinajstić information content (AvgIpc) is 2.89. The Hall–Kier alpha value is 0.0100. The first-order valence-electron chi connectivity index (χ1n) is 8.26. The van der Waals surface area contributed by atoms with Crippen LogP contribution in [-0.4, -0.2) is 11.3 Å². The monoisotopic (exact) mass is 309 g/mol. The maximum absolute atomic E-state index is 3.99. The molecule has 0 aromatic carbocycles. The lowest BCUT2D eigenvalue weighted by molar-refractivity contribution is 0.258. The van der Waals surface area contributed by atoms with Crippen molar-refractivity contribution in [3.05, 3.63) is 17.0 Å². The van der Waals surface area contributed by atoms with Crippen LogP contribution in [0.5, 0.6) is 0 Å². The van der Waals surface area contributed by atoms with E-state index in [0.717, 1.165) is 17.2 Å². The maximum atomic E-state index is 3.99. The number of thioether (sulfide) groups is 1. The van der Waals surface area contributed by atoms with Crippen molar-refractivity contribution >= 4 is 23.1 Å². The topological polar surface area (TPSA) is 12.0 Å². The molecule has 0 bridgehead atoms. The molecule has 3 heteroatoms. The molecule has 2 heterocycles. The van der Waals surface area contributed by atoms with E-state index in [2.05, 4.69) is 42.4 Å². The van der Waals surface area contributed by atoms with E-state index in [1.807, 2.05) is 11.3 Å². The van der Waals surface area contributed by atoms with Gasteiger partial charge in [0.1, 0.15) is 0 Å². The largest absolute Gasteiger partial charge is 0.307 e. The van der Waals surface area contributed by atoms with Crippen molar-refractivity contribution in [3.63, 3.8) is 0 Å². The highest BCUT2D eigenvalue weighted by Gasteiger charge is 2.29. The van der Waals surface area contributed by atoms with E-state index in [1.54, 1.807) is 9.77 Å². The number of hydrogen-bond acceptors (Lipinski definition) is 3. The Kier molecular flexibility index (Phi) is 5.11. The first-order valence-corrected chi connectivity index (χ1v) is 10.0. The smallest absolute Gasteiger partial charge is 0.0649 e. The van der Waals surface area contributed by atoms with Gasteiger partial charge in [0.25, 0.3) is 0 Å². The van der Waals surface area contributed by atoms with Gasteiger partial charge in [0.05, 0.1) is 4.21 Å². The third-order valence-electron chi connectivity index (χ3n) is 4.89. The molecule has 1 fully saturated rings. The second kappa shape index (κ2) is 6.85. The van der Waals surface area contributed by atoms with Crippen molar-refractivity contribution < 1.29 is 0 Å². The van der Waals surface area contributed by atoms with Crippen LogP contribution in [-0.2, 0) is 0 Å². The Balaban J connectivity index is 1.57. The molecule has 1 nitrogen and oxygen atoms in total. The second-order valence-electron chi connectivity index (χ2n) is 6.55. The lowest BCUT2D eigenvalue weighted by atomic mass is 9.83. The van der Waals surface area contributed by atoms with Crippen LogP contribution in [0.25, 0.3) is 0 Å². The molecule has 112 valence electrons. The van der Waals surface area contributed by atoms with Gasteiger partial charge in [-0.15, -0.1) is 23.1 Å². The summed E-state index contributed by atoms with van der Waals surface area (Å²) in [4.78, 5) is 0. The number of rotatable bonds is 4. The van der Waals surface area contributed by atoms with Crippen molar-refractivity contribution in [3.8, 4) is 0 Å². The van der Waals surface area contributed by atoms with Gasteiger partial charge in [-0.05, 0) is 55.0 Å². The van der Waals surface area contributed by atoms with E-state index in [0.29, 0.717) is 6.04 Å². The van der Waals surface area contributed by atoms with Gasteiger partial charge >= 0.3 is 0 Å². The van der Waals surface area contributed by atoms with Crippen LogP contribution in [0, 0.1) is 5.92 Å². The molecular weight excluding hydrogens is 282 g/mol. The molecule has 1 aromatic rings.